The van der Waals surface area contributed by atoms with E-state index in [0.717, 1.165) is 48.1 Å². The summed E-state index contributed by atoms with van der Waals surface area (Å²) in [6.45, 7) is 5.76. The molecule has 0 atom stereocenters. The predicted octanol–water partition coefficient (Wildman–Crippen LogP) is 4.12. The van der Waals surface area contributed by atoms with E-state index in [-0.39, 0.29) is 0 Å². The van der Waals surface area contributed by atoms with Crippen molar-refractivity contribution in [3.63, 3.8) is 0 Å². The van der Waals surface area contributed by atoms with Crippen LogP contribution >= 0.6 is 31.9 Å². The van der Waals surface area contributed by atoms with E-state index in [9.17, 15) is 0 Å². The molecule has 1 N–H and O–H groups in total. The summed E-state index contributed by atoms with van der Waals surface area (Å²) in [6.07, 6.45) is 2.16. The zero-order valence-corrected chi connectivity index (χ0v) is 13.3. The Morgan fingerprint density at radius 1 is 1.18 bits per heavy atom. The highest BCUT2D eigenvalue weighted by Gasteiger charge is 1.98. The Kier molecular flexibility index (Phi) is 8.10. The molecule has 0 unspecified atom stereocenters. The van der Waals surface area contributed by atoms with Crippen LogP contribution in [0.3, 0.4) is 0 Å². The van der Waals surface area contributed by atoms with E-state index < -0.39 is 0 Å². The summed E-state index contributed by atoms with van der Waals surface area (Å²) < 4.78 is 7.61. The molecule has 4 heteroatoms. The molecule has 1 aromatic carbocycles. The van der Waals surface area contributed by atoms with Crippen LogP contribution in [0.15, 0.2) is 27.1 Å². The average molecular weight is 365 g/mol. The molecule has 0 radical (unpaired) electrons. The molecule has 0 aliphatic heterocycles. The van der Waals surface area contributed by atoms with Gasteiger partial charge in [-0.3, -0.25) is 0 Å². The highest BCUT2D eigenvalue weighted by molar-refractivity contribution is 9.13. The summed E-state index contributed by atoms with van der Waals surface area (Å²) in [4.78, 5) is 0. The van der Waals surface area contributed by atoms with Crippen LogP contribution in [0.25, 0.3) is 0 Å². The standard InChI is InChI=1S/C13H19Br2NO/c1-2-7-17-8-3-6-16-10-11-4-5-12(14)13(15)9-11/h4-5,9,16H,2-3,6-8,10H2,1H3. The van der Waals surface area contributed by atoms with Gasteiger partial charge in [0.15, 0.2) is 0 Å². The Balaban J connectivity index is 2.11. The molecule has 0 bridgehead atoms. The Morgan fingerprint density at radius 2 is 2.00 bits per heavy atom. The zero-order valence-electron chi connectivity index (χ0n) is 10.1. The van der Waals surface area contributed by atoms with Gasteiger partial charge in [-0.15, -0.1) is 0 Å². The fourth-order valence-corrected chi connectivity index (χ4v) is 2.10. The second kappa shape index (κ2) is 9.09. The smallest absolute Gasteiger partial charge is 0.0478 e. The number of rotatable bonds is 8. The zero-order chi connectivity index (χ0) is 12.5. The lowest BCUT2D eigenvalue weighted by atomic mass is 10.2. The van der Waals surface area contributed by atoms with E-state index in [0.29, 0.717) is 0 Å². The number of nitrogens with one attached hydrogen (secondary N) is 1. The van der Waals surface area contributed by atoms with E-state index >= 15 is 0 Å². The fourth-order valence-electron chi connectivity index (χ4n) is 1.43. The number of hydrogen-bond donors (Lipinski definition) is 1. The van der Waals surface area contributed by atoms with Crippen LogP contribution in [0, 0.1) is 0 Å². The van der Waals surface area contributed by atoms with Gasteiger partial charge in [-0.25, -0.2) is 0 Å². The van der Waals surface area contributed by atoms with Crippen molar-refractivity contribution >= 4 is 31.9 Å². The number of ether oxygens (including phenoxy) is 1. The van der Waals surface area contributed by atoms with Crippen molar-refractivity contribution in [2.24, 2.45) is 0 Å². The maximum Gasteiger partial charge on any atom is 0.0478 e. The van der Waals surface area contributed by atoms with E-state index in [1.54, 1.807) is 0 Å². The highest BCUT2D eigenvalue weighted by atomic mass is 79.9. The summed E-state index contributed by atoms with van der Waals surface area (Å²) in [7, 11) is 0. The van der Waals surface area contributed by atoms with E-state index in [2.05, 4.69) is 62.3 Å². The third-order valence-corrected chi connectivity index (χ3v) is 4.18. The van der Waals surface area contributed by atoms with Gasteiger partial charge in [-0.2, -0.15) is 0 Å². The van der Waals surface area contributed by atoms with Crippen LogP contribution < -0.4 is 5.32 Å². The van der Waals surface area contributed by atoms with E-state index in [1.807, 2.05) is 0 Å². The molecule has 0 saturated heterocycles. The summed E-state index contributed by atoms with van der Waals surface area (Å²) in [5.41, 5.74) is 1.29. The molecule has 17 heavy (non-hydrogen) atoms. The van der Waals surface area contributed by atoms with Crippen molar-refractivity contribution in [1.82, 2.24) is 5.32 Å². The van der Waals surface area contributed by atoms with Gasteiger partial charge < -0.3 is 10.1 Å². The minimum Gasteiger partial charge on any atom is -0.381 e. The Labute approximate surface area is 120 Å². The van der Waals surface area contributed by atoms with Crippen molar-refractivity contribution in [3.8, 4) is 0 Å². The van der Waals surface area contributed by atoms with Crippen LogP contribution in [0.4, 0.5) is 0 Å². The largest absolute Gasteiger partial charge is 0.381 e. The minimum atomic E-state index is 0.852. The van der Waals surface area contributed by atoms with Gasteiger partial charge in [0, 0.05) is 28.7 Å². The van der Waals surface area contributed by atoms with Crippen molar-refractivity contribution < 1.29 is 4.74 Å². The van der Waals surface area contributed by atoms with Gasteiger partial charge in [0.2, 0.25) is 0 Å². The maximum atomic E-state index is 5.42. The molecule has 0 heterocycles. The highest BCUT2D eigenvalue weighted by Crippen LogP contribution is 2.23. The number of benzene rings is 1. The Hall–Kier alpha value is 0.1000. The molecule has 0 saturated carbocycles. The summed E-state index contributed by atoms with van der Waals surface area (Å²) in [5.74, 6) is 0. The first-order chi connectivity index (χ1) is 8.24. The molecule has 1 aromatic rings. The average Bonchev–Trinajstić information content (AvgIpc) is 2.32. The van der Waals surface area contributed by atoms with Crippen LogP contribution in [0.5, 0.6) is 0 Å². The number of hydrogen-bond acceptors (Lipinski definition) is 2. The Bertz CT molecular complexity index is 331. The van der Waals surface area contributed by atoms with Crippen LogP contribution in [-0.4, -0.2) is 19.8 Å². The first-order valence-electron chi connectivity index (χ1n) is 5.96. The van der Waals surface area contributed by atoms with E-state index in [4.69, 9.17) is 4.74 Å². The molecule has 0 aliphatic carbocycles. The lowest BCUT2D eigenvalue weighted by Crippen LogP contribution is -2.16. The minimum absolute atomic E-state index is 0.852. The molecule has 1 rings (SSSR count). The SMILES string of the molecule is CCCOCCCNCc1ccc(Br)c(Br)c1. The van der Waals surface area contributed by atoms with Crippen molar-refractivity contribution in [2.45, 2.75) is 26.3 Å². The quantitative estimate of drug-likeness (QED) is 0.700. The van der Waals surface area contributed by atoms with Gasteiger partial charge in [0.05, 0.1) is 0 Å². The third-order valence-electron chi connectivity index (χ3n) is 2.30. The van der Waals surface area contributed by atoms with Gasteiger partial charge in [0.1, 0.15) is 0 Å². The van der Waals surface area contributed by atoms with Crippen molar-refractivity contribution in [3.05, 3.63) is 32.7 Å². The first kappa shape index (κ1) is 15.2. The molecule has 0 amide bonds. The van der Waals surface area contributed by atoms with Crippen LogP contribution in [-0.2, 0) is 11.3 Å². The normalized spacial score (nSPS) is 10.8. The molecule has 0 fully saturated rings. The summed E-state index contributed by atoms with van der Waals surface area (Å²) >= 11 is 6.97. The molecule has 96 valence electrons. The Morgan fingerprint density at radius 3 is 2.71 bits per heavy atom. The second-order valence-corrected chi connectivity index (χ2v) is 5.60. The van der Waals surface area contributed by atoms with Gasteiger partial charge in [-0.1, -0.05) is 13.0 Å². The van der Waals surface area contributed by atoms with Crippen molar-refractivity contribution in [2.75, 3.05) is 19.8 Å². The molecule has 0 spiro atoms. The lowest BCUT2D eigenvalue weighted by Gasteiger charge is -2.06. The summed E-state index contributed by atoms with van der Waals surface area (Å²) in [6, 6.07) is 6.31. The third kappa shape index (κ3) is 6.55. The van der Waals surface area contributed by atoms with E-state index in [1.165, 1.54) is 5.56 Å². The predicted molar refractivity (Wildman–Crippen MR) is 79.3 cm³/mol. The molecule has 2 nitrogen and oxygen atoms in total. The van der Waals surface area contributed by atoms with Gasteiger partial charge >= 0.3 is 0 Å². The van der Waals surface area contributed by atoms with Gasteiger partial charge in [-0.05, 0) is 68.9 Å². The monoisotopic (exact) mass is 363 g/mol. The molecule has 0 aromatic heterocycles. The van der Waals surface area contributed by atoms with Crippen LogP contribution in [0.1, 0.15) is 25.3 Å². The molecular weight excluding hydrogens is 346 g/mol. The molecule has 0 aliphatic rings. The summed E-state index contributed by atoms with van der Waals surface area (Å²) in [5, 5.41) is 3.41. The van der Waals surface area contributed by atoms with Crippen LogP contribution in [0.2, 0.25) is 0 Å². The second-order valence-electron chi connectivity index (χ2n) is 3.89. The topological polar surface area (TPSA) is 21.3 Å². The fraction of sp³-hybridized carbons (Fsp3) is 0.538. The molecular formula is C13H19Br2NO. The number of halogens is 2. The lowest BCUT2D eigenvalue weighted by molar-refractivity contribution is 0.132. The van der Waals surface area contributed by atoms with Crippen molar-refractivity contribution in [1.29, 1.82) is 0 Å². The first-order valence-corrected chi connectivity index (χ1v) is 7.55. The maximum absolute atomic E-state index is 5.42. The van der Waals surface area contributed by atoms with Gasteiger partial charge in [0.25, 0.3) is 0 Å².